The highest BCUT2D eigenvalue weighted by atomic mass is 16.2. The zero-order chi connectivity index (χ0) is 21.1. The van der Waals surface area contributed by atoms with E-state index in [2.05, 4.69) is 18.7 Å². The number of hydrogen-bond acceptors (Lipinski definition) is 3. The molecule has 0 atom stereocenters. The summed E-state index contributed by atoms with van der Waals surface area (Å²) >= 11 is 0. The van der Waals surface area contributed by atoms with Crippen LogP contribution in [0, 0.1) is 5.92 Å². The highest BCUT2D eigenvalue weighted by Crippen LogP contribution is 2.27. The Bertz CT molecular complexity index is 908. The number of piperidine rings is 1. The number of para-hydroxylation sites is 1. The van der Waals surface area contributed by atoms with Gasteiger partial charge in [-0.25, -0.2) is 0 Å². The molecule has 2 saturated heterocycles. The third kappa shape index (κ3) is 4.35. The summed E-state index contributed by atoms with van der Waals surface area (Å²) in [6, 6.07) is 9.85. The summed E-state index contributed by atoms with van der Waals surface area (Å²) in [6.07, 6.45) is 6.24. The van der Waals surface area contributed by atoms with Gasteiger partial charge in [-0.3, -0.25) is 14.6 Å². The summed E-state index contributed by atoms with van der Waals surface area (Å²) in [5.74, 6) is 0.697. The largest absolute Gasteiger partial charge is 0.342 e. The molecule has 0 N–H and O–H groups in total. The average Bonchev–Trinajstić information content (AvgIpc) is 3.07. The third-order valence-corrected chi connectivity index (χ3v) is 6.61. The molecule has 5 nitrogen and oxygen atoms in total. The number of benzene rings is 1. The molecule has 2 aliphatic rings. The van der Waals surface area contributed by atoms with Crippen LogP contribution in [0.3, 0.4) is 0 Å². The Kier molecular flexibility index (Phi) is 6.35. The first-order valence-corrected chi connectivity index (χ1v) is 11.5. The molecule has 160 valence electrons. The Hall–Kier alpha value is -2.43. The maximum absolute atomic E-state index is 13.4. The molecular weight excluding hydrogens is 374 g/mol. The maximum atomic E-state index is 13.4. The number of likely N-dealkylation sites (tertiary alicyclic amines) is 2. The van der Waals surface area contributed by atoms with Gasteiger partial charge in [0, 0.05) is 43.2 Å². The van der Waals surface area contributed by atoms with Crippen molar-refractivity contribution in [3.63, 3.8) is 0 Å². The molecule has 0 aliphatic carbocycles. The van der Waals surface area contributed by atoms with E-state index in [1.54, 1.807) is 0 Å². The van der Waals surface area contributed by atoms with Crippen molar-refractivity contribution in [1.29, 1.82) is 0 Å². The Labute approximate surface area is 179 Å². The summed E-state index contributed by atoms with van der Waals surface area (Å²) in [5.41, 5.74) is 2.56. The van der Waals surface area contributed by atoms with Crippen molar-refractivity contribution >= 4 is 22.7 Å². The topological polar surface area (TPSA) is 53.5 Å². The van der Waals surface area contributed by atoms with Crippen LogP contribution in [0.25, 0.3) is 10.9 Å². The van der Waals surface area contributed by atoms with Crippen LogP contribution in [0.5, 0.6) is 0 Å². The Morgan fingerprint density at radius 3 is 2.27 bits per heavy atom. The van der Waals surface area contributed by atoms with Gasteiger partial charge >= 0.3 is 0 Å². The van der Waals surface area contributed by atoms with Gasteiger partial charge < -0.3 is 9.80 Å². The van der Waals surface area contributed by atoms with Gasteiger partial charge in [-0.2, -0.15) is 0 Å². The monoisotopic (exact) mass is 407 g/mol. The van der Waals surface area contributed by atoms with Crippen LogP contribution in [-0.4, -0.2) is 52.8 Å². The van der Waals surface area contributed by atoms with Gasteiger partial charge in [-0.1, -0.05) is 44.9 Å². The summed E-state index contributed by atoms with van der Waals surface area (Å²) in [4.78, 5) is 35.1. The molecule has 5 heteroatoms. The molecule has 1 aromatic carbocycles. The van der Waals surface area contributed by atoms with E-state index in [-0.39, 0.29) is 17.7 Å². The normalized spacial score (nSPS) is 18.6. The molecular formula is C25H33N3O2. The van der Waals surface area contributed by atoms with Crippen LogP contribution < -0.4 is 0 Å². The summed E-state index contributed by atoms with van der Waals surface area (Å²) < 4.78 is 0. The molecule has 2 fully saturated rings. The highest BCUT2D eigenvalue weighted by Gasteiger charge is 2.31. The number of hydrogen-bond donors (Lipinski definition) is 0. The highest BCUT2D eigenvalue weighted by molar-refractivity contribution is 6.06. The second-order valence-electron chi connectivity index (χ2n) is 9.07. The minimum atomic E-state index is 0.0626. The first-order chi connectivity index (χ1) is 14.5. The fourth-order valence-corrected chi connectivity index (χ4v) is 4.72. The van der Waals surface area contributed by atoms with E-state index in [4.69, 9.17) is 4.98 Å². The minimum Gasteiger partial charge on any atom is -0.342 e. The van der Waals surface area contributed by atoms with Crippen molar-refractivity contribution in [2.75, 3.05) is 26.2 Å². The average molecular weight is 408 g/mol. The summed E-state index contributed by atoms with van der Waals surface area (Å²) in [5, 5.41) is 0.912. The first-order valence-electron chi connectivity index (χ1n) is 11.5. The fourth-order valence-electron chi connectivity index (χ4n) is 4.72. The number of carbonyl (C=O) groups is 2. The lowest BCUT2D eigenvalue weighted by molar-refractivity contribution is -0.136. The van der Waals surface area contributed by atoms with E-state index < -0.39 is 0 Å². The van der Waals surface area contributed by atoms with Gasteiger partial charge in [0.2, 0.25) is 5.91 Å². The Morgan fingerprint density at radius 2 is 1.60 bits per heavy atom. The molecule has 2 amide bonds. The van der Waals surface area contributed by atoms with Gasteiger partial charge in [0.15, 0.2) is 0 Å². The molecule has 4 rings (SSSR count). The van der Waals surface area contributed by atoms with E-state index >= 15 is 0 Å². The van der Waals surface area contributed by atoms with Crippen LogP contribution in [0.4, 0.5) is 0 Å². The second-order valence-corrected chi connectivity index (χ2v) is 9.07. The second kappa shape index (κ2) is 9.15. The number of pyridine rings is 1. The number of amides is 2. The van der Waals surface area contributed by atoms with E-state index in [0.717, 1.165) is 60.9 Å². The van der Waals surface area contributed by atoms with Gasteiger partial charge in [-0.15, -0.1) is 0 Å². The smallest absolute Gasteiger partial charge is 0.254 e. The molecule has 0 unspecified atom stereocenters. The van der Waals surface area contributed by atoms with Crippen LogP contribution >= 0.6 is 0 Å². The zero-order valence-electron chi connectivity index (χ0n) is 18.3. The van der Waals surface area contributed by atoms with Crippen molar-refractivity contribution < 1.29 is 9.59 Å². The molecule has 0 saturated carbocycles. The SMILES string of the molecule is CC(C)c1cc(C(=O)N2CCC(C(=O)N3CCCCCC3)CC2)c2ccccc2n1. The van der Waals surface area contributed by atoms with Crippen molar-refractivity contribution in [3.05, 3.63) is 41.6 Å². The standard InChI is InChI=1S/C25H33N3O2/c1-18(2)23-17-21(20-9-5-6-10-22(20)26-23)25(30)28-15-11-19(12-16-28)24(29)27-13-7-3-4-8-14-27/h5-6,9-10,17-19H,3-4,7-8,11-16H2,1-2H3. The molecule has 30 heavy (non-hydrogen) atoms. The molecule has 0 radical (unpaired) electrons. The summed E-state index contributed by atoms with van der Waals surface area (Å²) in [6.45, 7) is 7.31. The van der Waals surface area contributed by atoms with Gasteiger partial charge in [-0.05, 0) is 43.7 Å². The lowest BCUT2D eigenvalue weighted by Crippen LogP contribution is -2.44. The lowest BCUT2D eigenvalue weighted by atomic mass is 9.94. The van der Waals surface area contributed by atoms with Gasteiger partial charge in [0.1, 0.15) is 0 Å². The van der Waals surface area contributed by atoms with Crippen LogP contribution in [-0.2, 0) is 4.79 Å². The van der Waals surface area contributed by atoms with Crippen molar-refractivity contribution in [3.8, 4) is 0 Å². The van der Waals surface area contributed by atoms with Gasteiger partial charge in [0.25, 0.3) is 5.91 Å². The van der Waals surface area contributed by atoms with E-state index in [1.807, 2.05) is 35.2 Å². The Balaban J connectivity index is 1.47. The van der Waals surface area contributed by atoms with E-state index in [1.165, 1.54) is 12.8 Å². The van der Waals surface area contributed by atoms with Crippen molar-refractivity contribution in [2.45, 2.75) is 58.3 Å². The lowest BCUT2D eigenvalue weighted by Gasteiger charge is -2.34. The predicted octanol–water partition coefficient (Wildman–Crippen LogP) is 4.61. The van der Waals surface area contributed by atoms with Crippen LogP contribution in [0.1, 0.15) is 74.3 Å². The van der Waals surface area contributed by atoms with Crippen molar-refractivity contribution in [2.24, 2.45) is 5.92 Å². The molecule has 0 bridgehead atoms. The Morgan fingerprint density at radius 1 is 0.933 bits per heavy atom. The fraction of sp³-hybridized carbons (Fsp3) is 0.560. The van der Waals surface area contributed by atoms with E-state index in [0.29, 0.717) is 19.0 Å². The number of carbonyl (C=O) groups excluding carboxylic acids is 2. The molecule has 3 heterocycles. The van der Waals surface area contributed by atoms with Gasteiger partial charge in [0.05, 0.1) is 11.1 Å². The zero-order valence-corrected chi connectivity index (χ0v) is 18.3. The molecule has 2 aliphatic heterocycles. The quantitative estimate of drug-likeness (QED) is 0.746. The summed E-state index contributed by atoms with van der Waals surface area (Å²) in [7, 11) is 0. The van der Waals surface area contributed by atoms with Crippen LogP contribution in [0.15, 0.2) is 30.3 Å². The third-order valence-electron chi connectivity index (χ3n) is 6.61. The molecule has 1 aromatic heterocycles. The number of rotatable bonds is 3. The molecule has 0 spiro atoms. The first kappa shape index (κ1) is 20.8. The minimum absolute atomic E-state index is 0.0626. The predicted molar refractivity (Wildman–Crippen MR) is 120 cm³/mol. The molecule has 2 aromatic rings. The maximum Gasteiger partial charge on any atom is 0.254 e. The number of nitrogens with zero attached hydrogens (tertiary/aromatic N) is 3. The number of fused-ring (bicyclic) bond motifs is 1. The van der Waals surface area contributed by atoms with E-state index in [9.17, 15) is 9.59 Å². The van der Waals surface area contributed by atoms with Crippen LogP contribution in [0.2, 0.25) is 0 Å². The number of aromatic nitrogens is 1. The van der Waals surface area contributed by atoms with Crippen molar-refractivity contribution in [1.82, 2.24) is 14.8 Å².